The molecule has 6 aromatic rings. The number of benzene rings is 4. The second kappa shape index (κ2) is 7.36. The molecule has 2 nitrogen and oxygen atoms in total. The molecule has 0 aliphatic heterocycles. The van der Waals surface area contributed by atoms with Gasteiger partial charge in [-0.3, -0.25) is 0 Å². The zero-order valence-electron chi connectivity index (χ0n) is 19.8. The monoisotopic (exact) mass is 440 g/mol. The number of fused-ring (bicyclic) bond motifs is 7. The Kier molecular flexibility index (Phi) is 4.26. The molecule has 0 atom stereocenters. The predicted molar refractivity (Wildman–Crippen MR) is 144 cm³/mol. The van der Waals surface area contributed by atoms with Gasteiger partial charge in [-0.2, -0.15) is 0 Å². The average Bonchev–Trinajstić information content (AvgIpc) is 3.37. The SMILES string of the molecule is Cc1cccc(-n2c3c(c4c2ccc2c5ccccc5n(-c5cccc(C)c5)c24)CCCC3)c1. The van der Waals surface area contributed by atoms with Crippen LogP contribution in [0.15, 0.2) is 84.9 Å². The van der Waals surface area contributed by atoms with Gasteiger partial charge in [0.1, 0.15) is 0 Å². The lowest BCUT2D eigenvalue weighted by Crippen LogP contribution is -2.07. The molecule has 2 heteroatoms. The molecule has 0 N–H and O–H groups in total. The summed E-state index contributed by atoms with van der Waals surface area (Å²) in [6.45, 7) is 4.37. The summed E-state index contributed by atoms with van der Waals surface area (Å²) in [4.78, 5) is 0. The van der Waals surface area contributed by atoms with Gasteiger partial charge in [-0.25, -0.2) is 0 Å². The molecule has 4 aromatic carbocycles. The van der Waals surface area contributed by atoms with E-state index in [1.165, 1.54) is 73.7 Å². The fourth-order valence-electron chi connectivity index (χ4n) is 6.18. The Balaban J connectivity index is 1.70. The molecule has 7 rings (SSSR count). The zero-order valence-corrected chi connectivity index (χ0v) is 19.8. The van der Waals surface area contributed by atoms with Gasteiger partial charge in [0.15, 0.2) is 0 Å². The number of hydrogen-bond acceptors (Lipinski definition) is 0. The highest BCUT2D eigenvalue weighted by Gasteiger charge is 2.25. The molecule has 1 aliphatic carbocycles. The summed E-state index contributed by atoms with van der Waals surface area (Å²) in [5.41, 5.74) is 12.1. The van der Waals surface area contributed by atoms with Crippen LogP contribution in [0.1, 0.15) is 35.2 Å². The standard InChI is InChI=1S/C32H28N2/c1-21-9-7-11-23(19-21)33-29-16-6-4-14-27(29)31-30(33)18-17-26-25-13-3-5-15-28(25)34(32(26)31)24-12-8-10-22(2)20-24/h3,5,7-13,15,17-20H,4,6,14,16H2,1-2H3. The lowest BCUT2D eigenvalue weighted by molar-refractivity contribution is 0.667. The minimum absolute atomic E-state index is 1.14. The summed E-state index contributed by atoms with van der Waals surface area (Å²) in [6.07, 6.45) is 4.82. The van der Waals surface area contributed by atoms with E-state index < -0.39 is 0 Å². The third-order valence-corrected chi connectivity index (χ3v) is 7.59. The topological polar surface area (TPSA) is 9.86 Å². The minimum Gasteiger partial charge on any atom is -0.313 e. The zero-order chi connectivity index (χ0) is 22.8. The van der Waals surface area contributed by atoms with Gasteiger partial charge in [0.2, 0.25) is 0 Å². The van der Waals surface area contributed by atoms with Crippen LogP contribution in [0.3, 0.4) is 0 Å². The Bertz CT molecular complexity index is 1730. The van der Waals surface area contributed by atoms with E-state index in [4.69, 9.17) is 0 Å². The Labute approximate surface area is 200 Å². The minimum atomic E-state index is 1.14. The fourth-order valence-corrected chi connectivity index (χ4v) is 6.18. The van der Waals surface area contributed by atoms with Gasteiger partial charge >= 0.3 is 0 Å². The average molecular weight is 441 g/mol. The summed E-state index contributed by atoms with van der Waals surface area (Å²) in [7, 11) is 0. The van der Waals surface area contributed by atoms with E-state index in [9.17, 15) is 0 Å². The molecule has 0 unspecified atom stereocenters. The first-order chi connectivity index (χ1) is 16.7. The van der Waals surface area contributed by atoms with Gasteiger partial charge in [-0.15, -0.1) is 0 Å². The molecule has 166 valence electrons. The van der Waals surface area contributed by atoms with Crippen LogP contribution in [0.25, 0.3) is 44.1 Å². The quantitative estimate of drug-likeness (QED) is 0.257. The fraction of sp³-hybridized carbons (Fsp3) is 0.188. The van der Waals surface area contributed by atoms with Crippen LogP contribution in [-0.2, 0) is 12.8 Å². The van der Waals surface area contributed by atoms with Crippen LogP contribution < -0.4 is 0 Å². The maximum atomic E-state index is 2.55. The van der Waals surface area contributed by atoms with Gasteiger partial charge in [0, 0.05) is 33.2 Å². The van der Waals surface area contributed by atoms with Crippen LogP contribution in [-0.4, -0.2) is 9.13 Å². The van der Waals surface area contributed by atoms with Crippen molar-refractivity contribution in [1.29, 1.82) is 0 Å². The van der Waals surface area contributed by atoms with Crippen molar-refractivity contribution in [3.05, 3.63) is 107 Å². The van der Waals surface area contributed by atoms with E-state index >= 15 is 0 Å². The van der Waals surface area contributed by atoms with Crippen LogP contribution in [0, 0.1) is 13.8 Å². The first-order valence-electron chi connectivity index (χ1n) is 12.4. The summed E-state index contributed by atoms with van der Waals surface area (Å²) in [6, 6.07) is 31.5. The Morgan fingerprint density at radius 1 is 0.588 bits per heavy atom. The molecule has 0 radical (unpaired) electrons. The lowest BCUT2D eigenvalue weighted by atomic mass is 9.94. The number of hydrogen-bond donors (Lipinski definition) is 0. The molecule has 0 bridgehead atoms. The summed E-state index contributed by atoms with van der Waals surface area (Å²) < 4.78 is 5.06. The molecule has 1 aliphatic rings. The Morgan fingerprint density at radius 3 is 2.06 bits per heavy atom. The second-order valence-electron chi connectivity index (χ2n) is 9.85. The van der Waals surface area contributed by atoms with E-state index in [0.29, 0.717) is 0 Å². The van der Waals surface area contributed by atoms with Crippen molar-refractivity contribution >= 4 is 32.7 Å². The third kappa shape index (κ3) is 2.75. The largest absolute Gasteiger partial charge is 0.313 e. The van der Waals surface area contributed by atoms with E-state index in [2.05, 4.69) is 108 Å². The van der Waals surface area contributed by atoms with E-state index in [1.807, 2.05) is 0 Å². The molecule has 0 fully saturated rings. The van der Waals surface area contributed by atoms with Gasteiger partial charge in [-0.05, 0) is 92.6 Å². The van der Waals surface area contributed by atoms with Crippen molar-refractivity contribution in [3.8, 4) is 11.4 Å². The maximum absolute atomic E-state index is 2.55. The maximum Gasteiger partial charge on any atom is 0.0637 e. The Morgan fingerprint density at radius 2 is 1.29 bits per heavy atom. The highest BCUT2D eigenvalue weighted by Crippen LogP contribution is 2.42. The number of aryl methyl sites for hydroxylation is 3. The van der Waals surface area contributed by atoms with Gasteiger partial charge in [0.25, 0.3) is 0 Å². The number of para-hydroxylation sites is 1. The van der Waals surface area contributed by atoms with Crippen molar-refractivity contribution in [2.75, 3.05) is 0 Å². The Hall–Kier alpha value is -3.78. The normalized spacial score (nSPS) is 13.7. The van der Waals surface area contributed by atoms with Crippen molar-refractivity contribution in [3.63, 3.8) is 0 Å². The van der Waals surface area contributed by atoms with Gasteiger partial charge in [-0.1, -0.05) is 48.5 Å². The highest BCUT2D eigenvalue weighted by atomic mass is 15.0. The van der Waals surface area contributed by atoms with Crippen LogP contribution in [0.2, 0.25) is 0 Å². The molecule has 2 heterocycles. The van der Waals surface area contributed by atoms with Crippen molar-refractivity contribution in [2.45, 2.75) is 39.5 Å². The number of nitrogens with zero attached hydrogens (tertiary/aromatic N) is 2. The highest BCUT2D eigenvalue weighted by molar-refractivity contribution is 6.19. The summed E-state index contributed by atoms with van der Waals surface area (Å²) >= 11 is 0. The predicted octanol–water partition coefficient (Wildman–Crippen LogP) is 8.22. The number of rotatable bonds is 2. The first-order valence-corrected chi connectivity index (χ1v) is 12.4. The van der Waals surface area contributed by atoms with Gasteiger partial charge < -0.3 is 9.13 Å². The van der Waals surface area contributed by atoms with Crippen LogP contribution in [0.5, 0.6) is 0 Å². The van der Waals surface area contributed by atoms with Crippen LogP contribution in [0.4, 0.5) is 0 Å². The molecule has 0 spiro atoms. The second-order valence-corrected chi connectivity index (χ2v) is 9.85. The molecular weight excluding hydrogens is 412 g/mol. The van der Waals surface area contributed by atoms with E-state index in [0.717, 1.165) is 12.8 Å². The van der Waals surface area contributed by atoms with Crippen molar-refractivity contribution in [2.24, 2.45) is 0 Å². The smallest absolute Gasteiger partial charge is 0.0637 e. The number of aromatic nitrogens is 2. The third-order valence-electron chi connectivity index (χ3n) is 7.59. The van der Waals surface area contributed by atoms with Gasteiger partial charge in [0.05, 0.1) is 16.6 Å². The molecule has 34 heavy (non-hydrogen) atoms. The summed E-state index contributed by atoms with van der Waals surface area (Å²) in [5, 5.41) is 4.11. The molecule has 0 saturated heterocycles. The molecular formula is C32H28N2. The van der Waals surface area contributed by atoms with E-state index in [-0.39, 0.29) is 0 Å². The lowest BCUT2D eigenvalue weighted by Gasteiger charge is -2.16. The van der Waals surface area contributed by atoms with Crippen molar-refractivity contribution < 1.29 is 0 Å². The summed E-state index contributed by atoms with van der Waals surface area (Å²) in [5.74, 6) is 0. The molecule has 0 amide bonds. The van der Waals surface area contributed by atoms with Crippen molar-refractivity contribution in [1.82, 2.24) is 9.13 Å². The van der Waals surface area contributed by atoms with E-state index in [1.54, 1.807) is 5.56 Å². The molecule has 0 saturated carbocycles. The molecule has 2 aromatic heterocycles. The van der Waals surface area contributed by atoms with Crippen LogP contribution >= 0.6 is 0 Å². The first kappa shape index (κ1) is 19.7.